The SMILES string of the molecule is Cc1cc(CN)nc(N2CCCC2CC(C)O)n1. The zero-order valence-electron chi connectivity index (χ0n) is 11.1. The van der Waals surface area contributed by atoms with Gasteiger partial charge >= 0.3 is 0 Å². The van der Waals surface area contributed by atoms with E-state index in [1.807, 2.05) is 19.9 Å². The first-order valence-electron chi connectivity index (χ1n) is 6.59. The Labute approximate surface area is 108 Å². The maximum atomic E-state index is 9.55. The van der Waals surface area contributed by atoms with Gasteiger partial charge in [-0.25, -0.2) is 9.97 Å². The fourth-order valence-corrected chi connectivity index (χ4v) is 2.59. The number of hydrogen-bond donors (Lipinski definition) is 2. The third-order valence-electron chi connectivity index (χ3n) is 3.35. The summed E-state index contributed by atoms with van der Waals surface area (Å²) in [4.78, 5) is 11.2. The Kier molecular flexibility index (Phi) is 4.14. The van der Waals surface area contributed by atoms with E-state index >= 15 is 0 Å². The number of nitrogens with two attached hydrogens (primary N) is 1. The minimum atomic E-state index is -0.283. The molecule has 0 bridgehead atoms. The number of hydrogen-bond acceptors (Lipinski definition) is 5. The largest absolute Gasteiger partial charge is 0.393 e. The number of rotatable bonds is 4. The van der Waals surface area contributed by atoms with Crippen LogP contribution in [0.1, 0.15) is 37.6 Å². The van der Waals surface area contributed by atoms with Crippen LogP contribution in [0.15, 0.2) is 6.07 Å². The van der Waals surface area contributed by atoms with Crippen molar-refractivity contribution in [3.05, 3.63) is 17.5 Å². The van der Waals surface area contributed by atoms with E-state index in [1.165, 1.54) is 0 Å². The molecule has 0 amide bonds. The van der Waals surface area contributed by atoms with Crippen LogP contribution < -0.4 is 10.6 Å². The topological polar surface area (TPSA) is 75.3 Å². The van der Waals surface area contributed by atoms with E-state index in [2.05, 4.69) is 14.9 Å². The second-order valence-corrected chi connectivity index (χ2v) is 5.08. The normalized spacial score (nSPS) is 21.3. The first-order valence-corrected chi connectivity index (χ1v) is 6.59. The minimum absolute atomic E-state index is 0.283. The van der Waals surface area contributed by atoms with E-state index in [0.717, 1.165) is 43.1 Å². The third kappa shape index (κ3) is 2.97. The Hall–Kier alpha value is -1.20. The van der Waals surface area contributed by atoms with E-state index in [1.54, 1.807) is 0 Å². The van der Waals surface area contributed by atoms with Crippen molar-refractivity contribution in [3.8, 4) is 0 Å². The molecule has 18 heavy (non-hydrogen) atoms. The van der Waals surface area contributed by atoms with Gasteiger partial charge in [-0.15, -0.1) is 0 Å². The van der Waals surface area contributed by atoms with Gasteiger partial charge in [-0.2, -0.15) is 0 Å². The Morgan fingerprint density at radius 1 is 1.56 bits per heavy atom. The van der Waals surface area contributed by atoms with Crippen LogP contribution in [-0.4, -0.2) is 33.8 Å². The molecule has 1 aliphatic rings. The van der Waals surface area contributed by atoms with Crippen molar-refractivity contribution in [1.82, 2.24) is 9.97 Å². The lowest BCUT2D eigenvalue weighted by molar-refractivity contribution is 0.175. The van der Waals surface area contributed by atoms with E-state index in [9.17, 15) is 5.11 Å². The van der Waals surface area contributed by atoms with Gasteiger partial charge in [0.05, 0.1) is 11.8 Å². The second kappa shape index (κ2) is 5.63. The minimum Gasteiger partial charge on any atom is -0.393 e. The molecule has 0 aromatic carbocycles. The molecule has 1 aromatic rings. The fraction of sp³-hybridized carbons (Fsp3) is 0.692. The summed E-state index contributed by atoms with van der Waals surface area (Å²) in [5.41, 5.74) is 7.48. The first kappa shape index (κ1) is 13.2. The monoisotopic (exact) mass is 250 g/mol. The molecule has 1 aliphatic heterocycles. The maximum absolute atomic E-state index is 9.55. The molecule has 5 nitrogen and oxygen atoms in total. The predicted octanol–water partition coefficient (Wildman–Crippen LogP) is 0.983. The molecule has 2 heterocycles. The predicted molar refractivity (Wildman–Crippen MR) is 71.3 cm³/mol. The maximum Gasteiger partial charge on any atom is 0.226 e. The van der Waals surface area contributed by atoms with Gasteiger partial charge in [-0.05, 0) is 39.2 Å². The average Bonchev–Trinajstić information content (AvgIpc) is 2.75. The Bertz CT molecular complexity index is 408. The molecule has 1 saturated heterocycles. The molecule has 0 aliphatic carbocycles. The van der Waals surface area contributed by atoms with Gasteiger partial charge in [0.25, 0.3) is 0 Å². The number of aromatic nitrogens is 2. The number of aliphatic hydroxyl groups excluding tert-OH is 1. The first-order chi connectivity index (χ1) is 8.60. The molecule has 2 unspecified atom stereocenters. The Morgan fingerprint density at radius 3 is 3.00 bits per heavy atom. The Morgan fingerprint density at radius 2 is 2.33 bits per heavy atom. The van der Waals surface area contributed by atoms with Crippen molar-refractivity contribution in [3.63, 3.8) is 0 Å². The highest BCUT2D eigenvalue weighted by molar-refractivity contribution is 5.35. The van der Waals surface area contributed by atoms with Gasteiger partial charge in [-0.1, -0.05) is 0 Å². The van der Waals surface area contributed by atoms with Crippen LogP contribution >= 0.6 is 0 Å². The molecule has 2 atom stereocenters. The zero-order chi connectivity index (χ0) is 13.1. The highest BCUT2D eigenvalue weighted by Crippen LogP contribution is 2.25. The van der Waals surface area contributed by atoms with Gasteiger partial charge in [0.15, 0.2) is 0 Å². The molecular formula is C13H22N4O. The molecule has 2 rings (SSSR count). The van der Waals surface area contributed by atoms with E-state index in [0.29, 0.717) is 12.6 Å². The molecule has 3 N–H and O–H groups in total. The zero-order valence-corrected chi connectivity index (χ0v) is 11.1. The van der Waals surface area contributed by atoms with Crippen LogP contribution in [0.25, 0.3) is 0 Å². The fourth-order valence-electron chi connectivity index (χ4n) is 2.59. The highest BCUT2D eigenvalue weighted by Gasteiger charge is 2.27. The number of anilines is 1. The lowest BCUT2D eigenvalue weighted by Gasteiger charge is -2.26. The molecule has 1 aromatic heterocycles. The molecule has 5 heteroatoms. The molecule has 1 fully saturated rings. The second-order valence-electron chi connectivity index (χ2n) is 5.08. The van der Waals surface area contributed by atoms with E-state index in [-0.39, 0.29) is 6.10 Å². The van der Waals surface area contributed by atoms with Gasteiger partial charge in [0, 0.05) is 24.8 Å². The van der Waals surface area contributed by atoms with Crippen molar-refractivity contribution in [2.75, 3.05) is 11.4 Å². The lowest BCUT2D eigenvalue weighted by Crippen LogP contribution is -2.33. The van der Waals surface area contributed by atoms with Crippen LogP contribution in [0.3, 0.4) is 0 Å². The number of aliphatic hydroxyl groups is 1. The standard InChI is InChI=1S/C13H22N4O/c1-9-6-11(8-14)16-13(15-9)17-5-3-4-12(17)7-10(2)18/h6,10,12,18H,3-5,7-8,14H2,1-2H3. The molecule has 100 valence electrons. The smallest absolute Gasteiger partial charge is 0.226 e. The van der Waals surface area contributed by atoms with Crippen molar-refractivity contribution in [2.45, 2.75) is 51.8 Å². The summed E-state index contributed by atoms with van der Waals surface area (Å²) in [6, 6.07) is 2.26. The summed E-state index contributed by atoms with van der Waals surface area (Å²) in [6.45, 7) is 5.19. The molecule has 0 radical (unpaired) electrons. The quantitative estimate of drug-likeness (QED) is 0.833. The van der Waals surface area contributed by atoms with Gasteiger partial charge in [0.2, 0.25) is 5.95 Å². The van der Waals surface area contributed by atoms with Crippen LogP contribution in [0.4, 0.5) is 5.95 Å². The van der Waals surface area contributed by atoms with Crippen LogP contribution in [-0.2, 0) is 6.54 Å². The van der Waals surface area contributed by atoms with Crippen molar-refractivity contribution >= 4 is 5.95 Å². The van der Waals surface area contributed by atoms with Crippen molar-refractivity contribution in [2.24, 2.45) is 5.73 Å². The summed E-state index contributed by atoms with van der Waals surface area (Å²) in [5, 5.41) is 9.55. The summed E-state index contributed by atoms with van der Waals surface area (Å²) < 4.78 is 0. The van der Waals surface area contributed by atoms with Gasteiger partial charge in [-0.3, -0.25) is 0 Å². The van der Waals surface area contributed by atoms with Gasteiger partial charge < -0.3 is 15.7 Å². The molecule has 0 saturated carbocycles. The van der Waals surface area contributed by atoms with Crippen molar-refractivity contribution < 1.29 is 5.11 Å². The summed E-state index contributed by atoms with van der Waals surface area (Å²) >= 11 is 0. The summed E-state index contributed by atoms with van der Waals surface area (Å²) in [6.07, 6.45) is 2.72. The van der Waals surface area contributed by atoms with Gasteiger partial charge in [0.1, 0.15) is 0 Å². The number of nitrogens with zero attached hydrogens (tertiary/aromatic N) is 3. The highest BCUT2D eigenvalue weighted by atomic mass is 16.3. The lowest BCUT2D eigenvalue weighted by atomic mass is 10.1. The third-order valence-corrected chi connectivity index (χ3v) is 3.35. The van der Waals surface area contributed by atoms with Crippen LogP contribution in [0, 0.1) is 6.92 Å². The molecular weight excluding hydrogens is 228 g/mol. The van der Waals surface area contributed by atoms with Crippen LogP contribution in [0.2, 0.25) is 0 Å². The summed E-state index contributed by atoms with van der Waals surface area (Å²) in [5.74, 6) is 0.763. The van der Waals surface area contributed by atoms with Crippen LogP contribution in [0.5, 0.6) is 0 Å². The summed E-state index contributed by atoms with van der Waals surface area (Å²) in [7, 11) is 0. The van der Waals surface area contributed by atoms with Crippen molar-refractivity contribution in [1.29, 1.82) is 0 Å². The molecule has 0 spiro atoms. The van der Waals surface area contributed by atoms with E-state index < -0.39 is 0 Å². The number of aryl methyl sites for hydroxylation is 1. The average molecular weight is 250 g/mol. The Balaban J connectivity index is 2.21. The van der Waals surface area contributed by atoms with E-state index in [4.69, 9.17) is 5.73 Å².